The summed E-state index contributed by atoms with van der Waals surface area (Å²) in [6.45, 7) is 3.93. The van der Waals surface area contributed by atoms with Gasteiger partial charge >= 0.3 is 0 Å². The van der Waals surface area contributed by atoms with Gasteiger partial charge in [0.25, 0.3) is 0 Å². The Morgan fingerprint density at radius 1 is 1.14 bits per heavy atom. The van der Waals surface area contributed by atoms with E-state index in [0.29, 0.717) is 0 Å². The molecule has 0 spiro atoms. The lowest BCUT2D eigenvalue weighted by Crippen LogP contribution is -2.32. The van der Waals surface area contributed by atoms with Gasteiger partial charge in [0.15, 0.2) is 0 Å². The Bertz CT molecular complexity index is 623. The van der Waals surface area contributed by atoms with E-state index in [-0.39, 0.29) is 11.9 Å². The molecule has 0 aliphatic rings. The van der Waals surface area contributed by atoms with Gasteiger partial charge in [-0.3, -0.25) is 4.79 Å². The Kier molecular flexibility index (Phi) is 5.42. The van der Waals surface area contributed by atoms with Crippen molar-refractivity contribution in [1.29, 1.82) is 0 Å². The molecule has 0 saturated carbocycles. The predicted molar refractivity (Wildman–Crippen MR) is 90.5 cm³/mol. The Hall–Kier alpha value is -2.49. The van der Waals surface area contributed by atoms with Crippen LogP contribution in [0.1, 0.15) is 19.4 Å². The second-order valence-corrected chi connectivity index (χ2v) is 5.11. The highest BCUT2D eigenvalue weighted by atomic mass is 16.5. The number of methoxy groups -OCH3 is 1. The second kappa shape index (κ2) is 7.50. The second-order valence-electron chi connectivity index (χ2n) is 5.11. The summed E-state index contributed by atoms with van der Waals surface area (Å²) >= 11 is 0. The number of rotatable bonds is 6. The summed E-state index contributed by atoms with van der Waals surface area (Å²) in [7, 11) is 1.61. The first kappa shape index (κ1) is 15.9. The van der Waals surface area contributed by atoms with Crippen LogP contribution in [-0.2, 0) is 11.2 Å². The van der Waals surface area contributed by atoms with Crippen LogP contribution < -0.4 is 15.4 Å². The Morgan fingerprint density at radius 2 is 1.82 bits per heavy atom. The summed E-state index contributed by atoms with van der Waals surface area (Å²) in [5, 5.41) is 6.08. The SMILES string of the molecule is CCc1ccc(NC(=O)[C@H](C)Nc2ccccc2OC)cc1. The van der Waals surface area contributed by atoms with E-state index in [1.165, 1.54) is 5.56 Å². The molecule has 0 heterocycles. The minimum absolute atomic E-state index is 0.0878. The lowest BCUT2D eigenvalue weighted by molar-refractivity contribution is -0.116. The van der Waals surface area contributed by atoms with Crippen molar-refractivity contribution in [2.45, 2.75) is 26.3 Å². The molecule has 0 radical (unpaired) electrons. The largest absolute Gasteiger partial charge is 0.495 e. The van der Waals surface area contributed by atoms with Crippen molar-refractivity contribution in [3.63, 3.8) is 0 Å². The zero-order chi connectivity index (χ0) is 15.9. The molecule has 4 heteroatoms. The third kappa shape index (κ3) is 4.01. The van der Waals surface area contributed by atoms with E-state index in [9.17, 15) is 4.79 Å². The number of ether oxygens (including phenoxy) is 1. The van der Waals surface area contributed by atoms with Crippen LogP contribution in [0.4, 0.5) is 11.4 Å². The molecule has 0 aromatic heterocycles. The number of hydrogen-bond acceptors (Lipinski definition) is 3. The molecule has 1 atom stereocenters. The molecule has 0 aliphatic carbocycles. The highest BCUT2D eigenvalue weighted by molar-refractivity contribution is 5.96. The molecule has 116 valence electrons. The number of hydrogen-bond donors (Lipinski definition) is 2. The van der Waals surface area contributed by atoms with E-state index < -0.39 is 0 Å². The smallest absolute Gasteiger partial charge is 0.246 e. The average molecular weight is 298 g/mol. The number of para-hydroxylation sites is 2. The van der Waals surface area contributed by atoms with E-state index in [1.54, 1.807) is 7.11 Å². The van der Waals surface area contributed by atoms with Crippen LogP contribution in [-0.4, -0.2) is 19.1 Å². The van der Waals surface area contributed by atoms with E-state index in [2.05, 4.69) is 17.6 Å². The summed E-state index contributed by atoms with van der Waals surface area (Å²) in [5.74, 6) is 0.629. The van der Waals surface area contributed by atoms with Crippen LogP contribution in [0, 0.1) is 0 Å². The van der Waals surface area contributed by atoms with Crippen LogP contribution in [0.5, 0.6) is 5.75 Å². The molecule has 4 nitrogen and oxygen atoms in total. The van der Waals surface area contributed by atoms with Crippen LogP contribution >= 0.6 is 0 Å². The maximum absolute atomic E-state index is 12.3. The minimum atomic E-state index is -0.373. The molecular formula is C18H22N2O2. The third-order valence-electron chi connectivity index (χ3n) is 3.50. The molecule has 0 unspecified atom stereocenters. The van der Waals surface area contributed by atoms with Gasteiger partial charge in [-0.2, -0.15) is 0 Å². The molecule has 0 saturated heterocycles. The standard InChI is InChI=1S/C18H22N2O2/c1-4-14-9-11-15(12-10-14)20-18(21)13(2)19-16-7-5-6-8-17(16)22-3/h5-13,19H,4H2,1-3H3,(H,20,21)/t13-/m0/s1. The van der Waals surface area contributed by atoms with Gasteiger partial charge in [0.2, 0.25) is 5.91 Å². The first-order valence-corrected chi connectivity index (χ1v) is 7.43. The van der Waals surface area contributed by atoms with E-state index in [0.717, 1.165) is 23.5 Å². The maximum Gasteiger partial charge on any atom is 0.246 e. The Balaban J connectivity index is 1.99. The third-order valence-corrected chi connectivity index (χ3v) is 3.50. The predicted octanol–water partition coefficient (Wildman–Crippen LogP) is 3.70. The Labute approximate surface area is 131 Å². The molecule has 0 aliphatic heterocycles. The quantitative estimate of drug-likeness (QED) is 0.855. The van der Waals surface area contributed by atoms with E-state index in [4.69, 9.17) is 4.74 Å². The van der Waals surface area contributed by atoms with Crippen molar-refractivity contribution < 1.29 is 9.53 Å². The highest BCUT2D eigenvalue weighted by Gasteiger charge is 2.14. The van der Waals surface area contributed by atoms with Crippen LogP contribution in [0.25, 0.3) is 0 Å². The van der Waals surface area contributed by atoms with Crippen molar-refractivity contribution >= 4 is 17.3 Å². The highest BCUT2D eigenvalue weighted by Crippen LogP contribution is 2.24. The fourth-order valence-electron chi connectivity index (χ4n) is 2.14. The van der Waals surface area contributed by atoms with Crippen LogP contribution in [0.15, 0.2) is 48.5 Å². The molecule has 2 aromatic carbocycles. The molecule has 22 heavy (non-hydrogen) atoms. The summed E-state index contributed by atoms with van der Waals surface area (Å²) in [6.07, 6.45) is 0.986. The molecular weight excluding hydrogens is 276 g/mol. The van der Waals surface area contributed by atoms with Gasteiger partial charge in [-0.1, -0.05) is 31.2 Å². The zero-order valence-electron chi connectivity index (χ0n) is 13.2. The maximum atomic E-state index is 12.3. The van der Waals surface area contributed by atoms with Crippen molar-refractivity contribution in [3.05, 3.63) is 54.1 Å². The summed E-state index contributed by atoms with van der Waals surface area (Å²) in [6, 6.07) is 15.1. The number of carbonyl (C=O) groups excluding carboxylic acids is 1. The van der Waals surface area contributed by atoms with Gasteiger partial charge in [0.1, 0.15) is 11.8 Å². The number of benzene rings is 2. The normalized spacial score (nSPS) is 11.6. The lowest BCUT2D eigenvalue weighted by atomic mass is 10.1. The zero-order valence-corrected chi connectivity index (χ0v) is 13.2. The van der Waals surface area contributed by atoms with Crippen LogP contribution in [0.2, 0.25) is 0 Å². The number of aryl methyl sites for hydroxylation is 1. The molecule has 1 amide bonds. The number of nitrogens with one attached hydrogen (secondary N) is 2. The van der Waals surface area contributed by atoms with Gasteiger partial charge in [-0.15, -0.1) is 0 Å². The lowest BCUT2D eigenvalue weighted by Gasteiger charge is -2.17. The van der Waals surface area contributed by atoms with Crippen LogP contribution in [0.3, 0.4) is 0 Å². The molecule has 0 fully saturated rings. The van der Waals surface area contributed by atoms with Crippen molar-refractivity contribution in [3.8, 4) is 5.75 Å². The molecule has 0 bridgehead atoms. The number of amides is 1. The monoisotopic (exact) mass is 298 g/mol. The molecule has 2 N–H and O–H groups in total. The van der Waals surface area contributed by atoms with E-state index >= 15 is 0 Å². The van der Waals surface area contributed by atoms with Crippen molar-refractivity contribution in [2.75, 3.05) is 17.7 Å². The molecule has 2 rings (SSSR count). The van der Waals surface area contributed by atoms with Gasteiger partial charge in [0, 0.05) is 5.69 Å². The van der Waals surface area contributed by atoms with Gasteiger partial charge in [-0.05, 0) is 43.2 Å². The van der Waals surface area contributed by atoms with Gasteiger partial charge < -0.3 is 15.4 Å². The summed E-state index contributed by atoms with van der Waals surface area (Å²) in [5.41, 5.74) is 2.85. The molecule has 2 aromatic rings. The Morgan fingerprint density at radius 3 is 2.45 bits per heavy atom. The first-order valence-electron chi connectivity index (χ1n) is 7.43. The number of carbonyl (C=O) groups is 1. The van der Waals surface area contributed by atoms with Gasteiger partial charge in [0.05, 0.1) is 12.8 Å². The van der Waals surface area contributed by atoms with E-state index in [1.807, 2.05) is 55.5 Å². The minimum Gasteiger partial charge on any atom is -0.495 e. The van der Waals surface area contributed by atoms with Crippen molar-refractivity contribution in [1.82, 2.24) is 0 Å². The fraction of sp³-hybridized carbons (Fsp3) is 0.278. The fourth-order valence-corrected chi connectivity index (χ4v) is 2.14. The van der Waals surface area contributed by atoms with Gasteiger partial charge in [-0.25, -0.2) is 0 Å². The first-order chi connectivity index (χ1) is 10.6. The van der Waals surface area contributed by atoms with Crippen molar-refractivity contribution in [2.24, 2.45) is 0 Å². The topological polar surface area (TPSA) is 50.4 Å². The summed E-state index contributed by atoms with van der Waals surface area (Å²) in [4.78, 5) is 12.3. The average Bonchev–Trinajstić information content (AvgIpc) is 2.56. The summed E-state index contributed by atoms with van der Waals surface area (Å²) < 4.78 is 5.28. The number of anilines is 2.